The number of anilines is 2. The van der Waals surface area contributed by atoms with E-state index in [1.807, 2.05) is 6.92 Å². The van der Waals surface area contributed by atoms with Gasteiger partial charge in [0.15, 0.2) is 11.0 Å². The van der Waals surface area contributed by atoms with Crippen molar-refractivity contribution < 1.29 is 13.5 Å². The number of alkyl halides is 2. The largest absolute Gasteiger partial charge is 0.434 e. The summed E-state index contributed by atoms with van der Waals surface area (Å²) in [6.45, 7) is -0.745. The van der Waals surface area contributed by atoms with Gasteiger partial charge in [-0.1, -0.05) is 29.3 Å². The lowest BCUT2D eigenvalue weighted by molar-refractivity contribution is -0.0504. The van der Waals surface area contributed by atoms with E-state index in [9.17, 15) is 8.78 Å². The van der Waals surface area contributed by atoms with Gasteiger partial charge in [-0.25, -0.2) is 9.97 Å². The van der Waals surface area contributed by atoms with Gasteiger partial charge >= 0.3 is 6.61 Å². The van der Waals surface area contributed by atoms with E-state index < -0.39 is 6.61 Å². The number of hydrogen-bond donors (Lipinski definition) is 2. The van der Waals surface area contributed by atoms with E-state index in [2.05, 4.69) is 25.3 Å². The number of nitrogens with zero attached hydrogens (tertiary/aromatic N) is 2. The molecule has 2 aromatic rings. The van der Waals surface area contributed by atoms with Crippen LogP contribution < -0.4 is 15.4 Å². The summed E-state index contributed by atoms with van der Waals surface area (Å²) in [6, 6.07) is 5.00. The SMILES string of the molecule is CNc1c(Cl)ncnc1NCc1cc(C)ccc1OC(F)F. The summed E-state index contributed by atoms with van der Waals surface area (Å²) < 4.78 is 29.4. The van der Waals surface area contributed by atoms with Crippen molar-refractivity contribution >= 4 is 23.1 Å². The van der Waals surface area contributed by atoms with Gasteiger partial charge in [0.25, 0.3) is 0 Å². The molecule has 1 heterocycles. The molecule has 2 N–H and O–H groups in total. The lowest BCUT2D eigenvalue weighted by Gasteiger charge is -2.14. The second kappa shape index (κ2) is 7.22. The lowest BCUT2D eigenvalue weighted by Crippen LogP contribution is -2.09. The van der Waals surface area contributed by atoms with Crippen molar-refractivity contribution in [2.24, 2.45) is 0 Å². The van der Waals surface area contributed by atoms with Crippen molar-refractivity contribution in [3.05, 3.63) is 40.8 Å². The molecule has 0 amide bonds. The maximum atomic E-state index is 12.4. The van der Waals surface area contributed by atoms with Gasteiger partial charge in [0.05, 0.1) is 0 Å². The average Bonchev–Trinajstić information content (AvgIpc) is 2.47. The number of ether oxygens (including phenoxy) is 1. The Bertz CT molecular complexity index is 655. The molecule has 8 heteroatoms. The summed E-state index contributed by atoms with van der Waals surface area (Å²) in [5.74, 6) is 0.603. The maximum Gasteiger partial charge on any atom is 0.387 e. The molecule has 0 fully saturated rings. The number of aromatic nitrogens is 2. The highest BCUT2D eigenvalue weighted by Crippen LogP contribution is 2.27. The summed E-state index contributed by atoms with van der Waals surface area (Å²) in [5, 5.41) is 6.20. The van der Waals surface area contributed by atoms with E-state index in [0.717, 1.165) is 5.56 Å². The minimum Gasteiger partial charge on any atom is -0.434 e. The first kappa shape index (κ1) is 16.2. The van der Waals surface area contributed by atoms with Crippen LogP contribution in [0.5, 0.6) is 5.75 Å². The molecule has 1 aromatic carbocycles. The highest BCUT2D eigenvalue weighted by atomic mass is 35.5. The molecular formula is C14H15ClF2N4O. The molecule has 0 spiro atoms. The second-order valence-electron chi connectivity index (χ2n) is 4.48. The molecular weight excluding hydrogens is 314 g/mol. The van der Waals surface area contributed by atoms with Gasteiger partial charge in [-0.05, 0) is 13.0 Å². The van der Waals surface area contributed by atoms with Crippen LogP contribution in [0.15, 0.2) is 24.5 Å². The minimum atomic E-state index is -2.87. The van der Waals surface area contributed by atoms with Crippen LogP contribution in [0.3, 0.4) is 0 Å². The number of hydrogen-bond acceptors (Lipinski definition) is 5. The Morgan fingerprint density at radius 2 is 2.09 bits per heavy atom. The van der Waals surface area contributed by atoms with Gasteiger partial charge < -0.3 is 15.4 Å². The Kier molecular flexibility index (Phi) is 5.32. The molecule has 0 radical (unpaired) electrons. The first-order valence-corrected chi connectivity index (χ1v) is 6.85. The van der Waals surface area contributed by atoms with Crippen molar-refractivity contribution in [2.75, 3.05) is 17.7 Å². The van der Waals surface area contributed by atoms with E-state index in [1.165, 1.54) is 12.4 Å². The van der Waals surface area contributed by atoms with E-state index in [0.29, 0.717) is 17.1 Å². The van der Waals surface area contributed by atoms with Gasteiger partial charge in [-0.15, -0.1) is 0 Å². The quantitative estimate of drug-likeness (QED) is 0.792. The van der Waals surface area contributed by atoms with Crippen molar-refractivity contribution in [1.29, 1.82) is 0 Å². The van der Waals surface area contributed by atoms with Crippen molar-refractivity contribution in [3.63, 3.8) is 0 Å². The monoisotopic (exact) mass is 328 g/mol. The molecule has 0 aliphatic heterocycles. The maximum absolute atomic E-state index is 12.4. The molecule has 0 bridgehead atoms. The van der Waals surface area contributed by atoms with Gasteiger partial charge in [-0.3, -0.25) is 0 Å². The van der Waals surface area contributed by atoms with E-state index in [4.69, 9.17) is 11.6 Å². The lowest BCUT2D eigenvalue weighted by atomic mass is 10.1. The molecule has 5 nitrogen and oxygen atoms in total. The van der Waals surface area contributed by atoms with Crippen LogP contribution in [-0.2, 0) is 6.54 Å². The summed E-state index contributed by atoms with van der Waals surface area (Å²) in [7, 11) is 1.69. The van der Waals surface area contributed by atoms with Gasteiger partial charge in [0.1, 0.15) is 17.8 Å². The third kappa shape index (κ3) is 3.94. The predicted molar refractivity (Wildman–Crippen MR) is 81.7 cm³/mol. The Balaban J connectivity index is 2.21. The van der Waals surface area contributed by atoms with Gasteiger partial charge in [0, 0.05) is 19.2 Å². The smallest absolute Gasteiger partial charge is 0.387 e. The van der Waals surface area contributed by atoms with Gasteiger partial charge in [0.2, 0.25) is 0 Å². The average molecular weight is 329 g/mol. The van der Waals surface area contributed by atoms with Crippen LogP contribution in [-0.4, -0.2) is 23.6 Å². The fourth-order valence-electron chi connectivity index (χ4n) is 1.96. The molecule has 0 unspecified atom stereocenters. The zero-order chi connectivity index (χ0) is 16.1. The summed E-state index contributed by atoms with van der Waals surface area (Å²) in [4.78, 5) is 7.94. The van der Waals surface area contributed by atoms with E-state index in [-0.39, 0.29) is 17.4 Å². The molecule has 0 saturated heterocycles. The summed E-state index contributed by atoms with van der Waals surface area (Å²) in [6.07, 6.45) is 1.32. The van der Waals surface area contributed by atoms with Crippen molar-refractivity contribution in [2.45, 2.75) is 20.1 Å². The Morgan fingerprint density at radius 3 is 2.77 bits per heavy atom. The Labute approximate surface area is 131 Å². The van der Waals surface area contributed by atoms with Crippen LogP contribution in [0, 0.1) is 6.92 Å². The summed E-state index contributed by atoms with van der Waals surface area (Å²) in [5.41, 5.74) is 2.07. The molecule has 22 heavy (non-hydrogen) atoms. The predicted octanol–water partition coefficient (Wildman–Crippen LogP) is 3.69. The molecule has 2 rings (SSSR count). The van der Waals surface area contributed by atoms with Crippen LogP contribution in [0.2, 0.25) is 5.15 Å². The first-order chi connectivity index (χ1) is 10.5. The van der Waals surface area contributed by atoms with E-state index >= 15 is 0 Å². The second-order valence-corrected chi connectivity index (χ2v) is 4.84. The standard InChI is InChI=1S/C14H15ClF2N4O/c1-8-3-4-10(22-14(16)17)9(5-8)6-19-13-11(18-2)12(15)20-7-21-13/h3-5,7,14,18H,6H2,1-2H3,(H,19,20,21). The minimum absolute atomic E-state index is 0.124. The number of nitrogens with one attached hydrogen (secondary N) is 2. The van der Waals surface area contributed by atoms with Crippen LogP contribution in [0.1, 0.15) is 11.1 Å². The molecule has 1 aromatic heterocycles. The number of aryl methyl sites for hydroxylation is 1. The number of halogens is 3. The topological polar surface area (TPSA) is 59.1 Å². The Morgan fingerprint density at radius 1 is 1.32 bits per heavy atom. The summed E-state index contributed by atoms with van der Waals surface area (Å²) >= 11 is 5.96. The highest BCUT2D eigenvalue weighted by molar-refractivity contribution is 6.32. The highest BCUT2D eigenvalue weighted by Gasteiger charge is 2.12. The molecule has 0 aliphatic carbocycles. The number of rotatable bonds is 6. The molecule has 118 valence electrons. The first-order valence-electron chi connectivity index (χ1n) is 6.47. The van der Waals surface area contributed by atoms with Crippen molar-refractivity contribution in [1.82, 2.24) is 9.97 Å². The normalized spacial score (nSPS) is 10.6. The third-order valence-corrected chi connectivity index (χ3v) is 3.22. The zero-order valence-electron chi connectivity index (χ0n) is 12.0. The fourth-order valence-corrected chi connectivity index (χ4v) is 2.18. The number of benzene rings is 1. The Hall–Kier alpha value is -2.15. The third-order valence-electron chi connectivity index (χ3n) is 2.93. The van der Waals surface area contributed by atoms with Crippen LogP contribution in [0.25, 0.3) is 0 Å². The molecule has 0 aliphatic rings. The van der Waals surface area contributed by atoms with Crippen molar-refractivity contribution in [3.8, 4) is 5.75 Å². The van der Waals surface area contributed by atoms with Crippen LogP contribution in [0.4, 0.5) is 20.3 Å². The molecule has 0 atom stereocenters. The zero-order valence-corrected chi connectivity index (χ0v) is 12.8. The van der Waals surface area contributed by atoms with E-state index in [1.54, 1.807) is 19.2 Å². The van der Waals surface area contributed by atoms with Crippen LogP contribution >= 0.6 is 11.6 Å². The molecule has 0 saturated carbocycles. The fraction of sp³-hybridized carbons (Fsp3) is 0.286. The van der Waals surface area contributed by atoms with Gasteiger partial charge in [-0.2, -0.15) is 8.78 Å².